The van der Waals surface area contributed by atoms with E-state index in [0.29, 0.717) is 5.75 Å². The van der Waals surface area contributed by atoms with Crippen LogP contribution in [0.25, 0.3) is 0 Å². The Morgan fingerprint density at radius 1 is 1.71 bits per heavy atom. The molecular weight excluding hydrogens is 236 g/mol. The highest BCUT2D eigenvalue weighted by Gasteiger charge is 2.02. The number of hydrazone groups is 1. The van der Waals surface area contributed by atoms with E-state index >= 15 is 0 Å². The molecule has 0 aliphatic heterocycles. The minimum absolute atomic E-state index is 0.104. The fraction of sp³-hybridized carbons (Fsp3) is 0.182. The number of methoxy groups -OCH3 is 1. The smallest absolute Gasteiger partial charge is 0.184 e. The normalized spacial score (nSPS) is 9.88. The Hall–Kier alpha value is -2.13. The summed E-state index contributed by atoms with van der Waals surface area (Å²) in [6.45, 7) is 0. The van der Waals surface area contributed by atoms with Gasteiger partial charge in [0.25, 0.3) is 0 Å². The van der Waals surface area contributed by atoms with Crippen molar-refractivity contribution < 1.29 is 4.74 Å². The van der Waals surface area contributed by atoms with E-state index in [0.717, 1.165) is 11.1 Å². The summed E-state index contributed by atoms with van der Waals surface area (Å²) < 4.78 is 5.14. The van der Waals surface area contributed by atoms with Crippen molar-refractivity contribution in [1.82, 2.24) is 5.43 Å². The number of nitrogens with zero attached hydrogens (tertiary/aromatic N) is 2. The molecule has 0 saturated carbocycles. The topological polar surface area (TPSA) is 83.4 Å². The summed E-state index contributed by atoms with van der Waals surface area (Å²) in [4.78, 5) is 0. The summed E-state index contributed by atoms with van der Waals surface area (Å²) in [5.74, 6) is 0.686. The summed E-state index contributed by atoms with van der Waals surface area (Å²) in [5.41, 5.74) is 9.33. The van der Waals surface area contributed by atoms with Crippen molar-refractivity contribution in [3.8, 4) is 11.8 Å². The molecule has 88 valence electrons. The third-order valence-electron chi connectivity index (χ3n) is 1.96. The molecule has 0 radical (unpaired) electrons. The van der Waals surface area contributed by atoms with Gasteiger partial charge in [-0.1, -0.05) is 0 Å². The standard InChI is InChI=1S/C11H12N4OS/c1-16-10-3-2-8(6-9(10)4-5-12)7-14-15-11(13)17/h2-3,6-7H,4H2,1H3,(H3,13,15,17). The van der Waals surface area contributed by atoms with Gasteiger partial charge in [-0.25, -0.2) is 0 Å². The van der Waals surface area contributed by atoms with Crippen LogP contribution in [0.2, 0.25) is 0 Å². The first-order valence-electron chi connectivity index (χ1n) is 4.79. The molecule has 0 aliphatic rings. The molecule has 0 fully saturated rings. The Morgan fingerprint density at radius 3 is 3.06 bits per heavy atom. The van der Waals surface area contributed by atoms with Crippen LogP contribution in [-0.4, -0.2) is 18.4 Å². The van der Waals surface area contributed by atoms with Crippen LogP contribution >= 0.6 is 12.2 Å². The number of rotatable bonds is 4. The number of benzene rings is 1. The van der Waals surface area contributed by atoms with Crippen LogP contribution in [0.3, 0.4) is 0 Å². The van der Waals surface area contributed by atoms with Gasteiger partial charge in [0.05, 0.1) is 25.8 Å². The molecule has 0 unspecified atom stereocenters. The molecule has 1 aromatic carbocycles. The molecule has 0 saturated heterocycles. The van der Waals surface area contributed by atoms with Gasteiger partial charge >= 0.3 is 0 Å². The number of nitrogens with one attached hydrogen (secondary N) is 1. The summed E-state index contributed by atoms with van der Waals surface area (Å²) in [6, 6.07) is 7.52. The van der Waals surface area contributed by atoms with E-state index in [2.05, 4.69) is 28.8 Å². The molecule has 3 N–H and O–H groups in total. The van der Waals surface area contributed by atoms with Gasteiger partial charge in [0.1, 0.15) is 5.75 Å². The minimum Gasteiger partial charge on any atom is -0.496 e. The number of ether oxygens (including phenoxy) is 1. The van der Waals surface area contributed by atoms with E-state index in [1.54, 1.807) is 19.4 Å². The largest absolute Gasteiger partial charge is 0.496 e. The second-order valence-electron chi connectivity index (χ2n) is 3.14. The molecule has 17 heavy (non-hydrogen) atoms. The predicted octanol–water partition coefficient (Wildman–Crippen LogP) is 0.928. The second kappa shape index (κ2) is 6.45. The van der Waals surface area contributed by atoms with E-state index in [1.807, 2.05) is 12.1 Å². The van der Waals surface area contributed by atoms with Crippen LogP contribution < -0.4 is 15.9 Å². The number of thiocarbonyl (C=S) groups is 1. The zero-order valence-electron chi connectivity index (χ0n) is 9.30. The van der Waals surface area contributed by atoms with E-state index < -0.39 is 0 Å². The van der Waals surface area contributed by atoms with Gasteiger partial charge in [0, 0.05) is 5.56 Å². The zero-order valence-corrected chi connectivity index (χ0v) is 10.1. The van der Waals surface area contributed by atoms with Crippen molar-refractivity contribution >= 4 is 23.5 Å². The summed E-state index contributed by atoms with van der Waals surface area (Å²) in [6.07, 6.45) is 1.85. The zero-order chi connectivity index (χ0) is 12.7. The number of hydrogen-bond acceptors (Lipinski definition) is 4. The third kappa shape index (κ3) is 4.09. The lowest BCUT2D eigenvalue weighted by atomic mass is 10.1. The molecule has 0 aliphatic carbocycles. The molecule has 0 aromatic heterocycles. The molecule has 0 atom stereocenters. The average Bonchev–Trinajstić information content (AvgIpc) is 2.29. The molecule has 0 spiro atoms. The van der Waals surface area contributed by atoms with Crippen LogP contribution in [-0.2, 0) is 6.42 Å². The van der Waals surface area contributed by atoms with Crippen molar-refractivity contribution in [1.29, 1.82) is 5.26 Å². The quantitative estimate of drug-likeness (QED) is 0.470. The minimum atomic E-state index is 0.104. The molecule has 6 heteroatoms. The van der Waals surface area contributed by atoms with Gasteiger partial charge in [-0.05, 0) is 36.0 Å². The summed E-state index contributed by atoms with van der Waals surface area (Å²) >= 11 is 4.61. The lowest BCUT2D eigenvalue weighted by Gasteiger charge is -2.06. The highest BCUT2D eigenvalue weighted by Crippen LogP contribution is 2.19. The third-order valence-corrected chi connectivity index (χ3v) is 2.05. The lowest BCUT2D eigenvalue weighted by molar-refractivity contribution is 0.411. The van der Waals surface area contributed by atoms with Crippen LogP contribution in [0.5, 0.6) is 5.75 Å². The van der Waals surface area contributed by atoms with E-state index in [1.165, 1.54) is 0 Å². The highest BCUT2D eigenvalue weighted by molar-refractivity contribution is 7.80. The van der Waals surface area contributed by atoms with Crippen LogP contribution in [0.1, 0.15) is 11.1 Å². The molecule has 0 heterocycles. The van der Waals surface area contributed by atoms with Gasteiger partial charge in [0.15, 0.2) is 5.11 Å². The first-order chi connectivity index (χ1) is 8.17. The maximum absolute atomic E-state index is 8.69. The Balaban J connectivity index is 2.88. The van der Waals surface area contributed by atoms with Gasteiger partial charge < -0.3 is 10.5 Å². The second-order valence-corrected chi connectivity index (χ2v) is 3.58. The van der Waals surface area contributed by atoms with Crippen molar-refractivity contribution in [2.45, 2.75) is 6.42 Å². The molecule has 5 nitrogen and oxygen atoms in total. The van der Waals surface area contributed by atoms with Crippen LogP contribution in [0, 0.1) is 11.3 Å². The van der Waals surface area contributed by atoms with Crippen molar-refractivity contribution in [2.24, 2.45) is 10.8 Å². The predicted molar refractivity (Wildman–Crippen MR) is 69.8 cm³/mol. The van der Waals surface area contributed by atoms with Gasteiger partial charge in [-0.15, -0.1) is 0 Å². The SMILES string of the molecule is COc1ccc(C=NNC(N)=S)cc1CC#N. The first-order valence-corrected chi connectivity index (χ1v) is 5.20. The lowest BCUT2D eigenvalue weighted by Crippen LogP contribution is -2.23. The number of nitrogens with two attached hydrogens (primary N) is 1. The molecule has 0 bridgehead atoms. The Labute approximate surface area is 105 Å². The first kappa shape index (κ1) is 12.9. The maximum Gasteiger partial charge on any atom is 0.184 e. The van der Waals surface area contributed by atoms with Gasteiger partial charge in [-0.3, -0.25) is 5.43 Å². The van der Waals surface area contributed by atoms with Crippen molar-refractivity contribution in [2.75, 3.05) is 7.11 Å². The fourth-order valence-corrected chi connectivity index (χ4v) is 1.33. The maximum atomic E-state index is 8.69. The number of hydrogen-bond donors (Lipinski definition) is 2. The monoisotopic (exact) mass is 248 g/mol. The fourth-order valence-electron chi connectivity index (χ4n) is 1.27. The Bertz CT molecular complexity index is 479. The van der Waals surface area contributed by atoms with Crippen molar-refractivity contribution in [3.05, 3.63) is 29.3 Å². The number of nitriles is 1. The van der Waals surface area contributed by atoms with Gasteiger partial charge in [-0.2, -0.15) is 10.4 Å². The Morgan fingerprint density at radius 2 is 2.47 bits per heavy atom. The van der Waals surface area contributed by atoms with E-state index in [4.69, 9.17) is 15.7 Å². The molecule has 0 amide bonds. The summed E-state index contributed by atoms with van der Waals surface area (Å²) in [7, 11) is 1.57. The van der Waals surface area contributed by atoms with Crippen LogP contribution in [0.4, 0.5) is 0 Å². The van der Waals surface area contributed by atoms with Crippen molar-refractivity contribution in [3.63, 3.8) is 0 Å². The Kier molecular flexibility index (Phi) is 4.91. The van der Waals surface area contributed by atoms with E-state index in [-0.39, 0.29) is 11.5 Å². The molecule has 1 rings (SSSR count). The highest BCUT2D eigenvalue weighted by atomic mass is 32.1. The van der Waals surface area contributed by atoms with E-state index in [9.17, 15) is 0 Å². The summed E-state index contributed by atoms with van der Waals surface area (Å²) in [5, 5.41) is 12.6. The molecule has 1 aromatic rings. The molecular formula is C11H12N4OS. The van der Waals surface area contributed by atoms with Gasteiger partial charge in [0.2, 0.25) is 0 Å². The van der Waals surface area contributed by atoms with Crippen LogP contribution in [0.15, 0.2) is 23.3 Å². The average molecular weight is 248 g/mol.